The van der Waals surface area contributed by atoms with E-state index in [1.54, 1.807) is 45.2 Å². The van der Waals surface area contributed by atoms with Crippen LogP contribution in [0, 0.1) is 11.3 Å². The van der Waals surface area contributed by atoms with Gasteiger partial charge in [0.25, 0.3) is 0 Å². The second kappa shape index (κ2) is 5.67. The average molecular weight is 339 g/mol. The summed E-state index contributed by atoms with van der Waals surface area (Å²) in [5, 5.41) is 9.72. The first-order valence-electron chi connectivity index (χ1n) is 7.75. The Kier molecular flexibility index (Phi) is 3.76. The molecule has 0 radical (unpaired) electrons. The predicted octanol–water partition coefficient (Wildman–Crippen LogP) is 1.32. The van der Waals surface area contributed by atoms with Crippen LogP contribution in [0.1, 0.15) is 19.4 Å². The van der Waals surface area contributed by atoms with Crippen LogP contribution in [0.2, 0.25) is 0 Å². The molecule has 1 spiro atoms. The molecule has 2 heterocycles. The van der Waals surface area contributed by atoms with Crippen LogP contribution >= 0.6 is 0 Å². The van der Waals surface area contributed by atoms with Gasteiger partial charge >= 0.3 is 5.97 Å². The van der Waals surface area contributed by atoms with Crippen LogP contribution in [0.15, 0.2) is 47.0 Å². The Morgan fingerprint density at radius 2 is 2.12 bits per heavy atom. The Hall–Kier alpha value is -3.27. The molecule has 0 saturated heterocycles. The van der Waals surface area contributed by atoms with Gasteiger partial charge in [0.1, 0.15) is 17.4 Å². The van der Waals surface area contributed by atoms with Crippen LogP contribution in [0.5, 0.6) is 5.75 Å². The zero-order chi connectivity index (χ0) is 18.4. The van der Waals surface area contributed by atoms with Crippen molar-refractivity contribution >= 4 is 11.9 Å². The predicted molar refractivity (Wildman–Crippen MR) is 87.7 cm³/mol. The summed E-state index contributed by atoms with van der Waals surface area (Å²) in [6.07, 6.45) is 0. The maximum absolute atomic E-state index is 13.3. The Bertz CT molecular complexity index is 894. The number of hydrogen-bond acceptors (Lipinski definition) is 6. The van der Waals surface area contributed by atoms with Crippen LogP contribution in [-0.2, 0) is 19.7 Å². The van der Waals surface area contributed by atoms with Gasteiger partial charge in [-0.1, -0.05) is 18.2 Å². The first kappa shape index (κ1) is 16.6. The van der Waals surface area contributed by atoms with Gasteiger partial charge in [-0.2, -0.15) is 5.26 Å². The van der Waals surface area contributed by atoms with Gasteiger partial charge in [0, 0.05) is 18.3 Å². The SMILES string of the molecule is CCOC(=O)C1=C(C)N(C)C(=O)[C@]12C(C#N)=C(N)Oc1ccccc12. The van der Waals surface area contributed by atoms with E-state index in [2.05, 4.69) is 0 Å². The van der Waals surface area contributed by atoms with Gasteiger partial charge in [0.05, 0.1) is 12.2 Å². The van der Waals surface area contributed by atoms with E-state index in [0.717, 1.165) is 0 Å². The third kappa shape index (κ3) is 1.97. The number of nitrogens with two attached hydrogens (primary N) is 1. The second-order valence-electron chi connectivity index (χ2n) is 5.74. The molecule has 25 heavy (non-hydrogen) atoms. The third-order valence-corrected chi connectivity index (χ3v) is 4.59. The van der Waals surface area contributed by atoms with Gasteiger partial charge in [-0.05, 0) is 19.9 Å². The molecule has 0 saturated carbocycles. The minimum absolute atomic E-state index is 0.0945. The fourth-order valence-corrected chi connectivity index (χ4v) is 3.43. The van der Waals surface area contributed by atoms with E-state index in [9.17, 15) is 14.9 Å². The summed E-state index contributed by atoms with van der Waals surface area (Å²) in [6.45, 7) is 3.46. The highest BCUT2D eigenvalue weighted by Crippen LogP contribution is 2.53. The molecular formula is C18H17N3O4. The lowest BCUT2D eigenvalue weighted by atomic mass is 9.68. The van der Waals surface area contributed by atoms with E-state index >= 15 is 0 Å². The average Bonchev–Trinajstić information content (AvgIpc) is 2.78. The maximum Gasteiger partial charge on any atom is 0.337 e. The lowest BCUT2D eigenvalue weighted by Gasteiger charge is -2.34. The zero-order valence-electron chi connectivity index (χ0n) is 14.1. The number of benzene rings is 1. The van der Waals surface area contributed by atoms with Crippen LogP contribution in [0.3, 0.4) is 0 Å². The van der Waals surface area contributed by atoms with Crippen molar-refractivity contribution in [1.82, 2.24) is 4.90 Å². The molecule has 0 aliphatic carbocycles. The molecule has 1 aromatic carbocycles. The summed E-state index contributed by atoms with van der Waals surface area (Å²) in [7, 11) is 1.55. The number of para-hydroxylation sites is 1. The number of rotatable bonds is 2. The summed E-state index contributed by atoms with van der Waals surface area (Å²) in [5.41, 5.74) is 5.09. The number of nitriles is 1. The number of nitrogens with zero attached hydrogens (tertiary/aromatic N) is 2. The number of amides is 1. The number of hydrogen-bond donors (Lipinski definition) is 1. The second-order valence-corrected chi connectivity index (χ2v) is 5.74. The number of fused-ring (bicyclic) bond motifs is 2. The molecule has 1 amide bonds. The molecule has 7 heteroatoms. The normalized spacial score (nSPS) is 22.0. The van der Waals surface area contributed by atoms with E-state index in [0.29, 0.717) is 17.0 Å². The Labute approximate surface area is 144 Å². The molecule has 128 valence electrons. The fourth-order valence-electron chi connectivity index (χ4n) is 3.43. The molecule has 7 nitrogen and oxygen atoms in total. The highest BCUT2D eigenvalue weighted by molar-refractivity contribution is 6.12. The van der Waals surface area contributed by atoms with Crippen molar-refractivity contribution in [1.29, 1.82) is 5.26 Å². The summed E-state index contributed by atoms with van der Waals surface area (Å²) in [4.78, 5) is 27.3. The quantitative estimate of drug-likeness (QED) is 0.815. The third-order valence-electron chi connectivity index (χ3n) is 4.59. The van der Waals surface area contributed by atoms with Crippen molar-refractivity contribution in [3.8, 4) is 11.8 Å². The molecule has 1 aromatic rings. The molecule has 0 fully saturated rings. The standard InChI is InChI=1S/C18H17N3O4/c1-4-24-16(22)14-10(2)21(3)17(23)18(14)11-7-5-6-8-13(11)25-15(20)12(18)9-19/h5-8H,4,20H2,1-3H3/t18-/m1/s1. The van der Waals surface area contributed by atoms with Crippen molar-refractivity contribution in [2.24, 2.45) is 5.73 Å². The Morgan fingerprint density at radius 3 is 2.76 bits per heavy atom. The molecule has 2 aliphatic rings. The largest absolute Gasteiger partial charge is 0.463 e. The summed E-state index contributed by atoms with van der Waals surface area (Å²) in [5.74, 6) is -0.963. The van der Waals surface area contributed by atoms with E-state index in [1.807, 2.05) is 6.07 Å². The minimum Gasteiger partial charge on any atom is -0.463 e. The number of carbonyl (C=O) groups is 2. The van der Waals surface area contributed by atoms with Crippen molar-refractivity contribution in [3.05, 3.63) is 52.6 Å². The van der Waals surface area contributed by atoms with Gasteiger partial charge in [0.2, 0.25) is 11.8 Å². The van der Waals surface area contributed by atoms with Crippen molar-refractivity contribution in [2.45, 2.75) is 19.3 Å². The van der Waals surface area contributed by atoms with Crippen LogP contribution in [0.4, 0.5) is 0 Å². The highest BCUT2D eigenvalue weighted by atomic mass is 16.5. The molecule has 0 bridgehead atoms. The lowest BCUT2D eigenvalue weighted by molar-refractivity contribution is -0.140. The van der Waals surface area contributed by atoms with E-state index in [4.69, 9.17) is 15.2 Å². The van der Waals surface area contributed by atoms with Gasteiger partial charge in [-0.3, -0.25) is 4.79 Å². The van der Waals surface area contributed by atoms with Gasteiger partial charge in [0.15, 0.2) is 5.41 Å². The number of allylic oxidation sites excluding steroid dienone is 1. The Balaban J connectivity index is 2.43. The van der Waals surface area contributed by atoms with Crippen molar-refractivity contribution in [2.75, 3.05) is 13.7 Å². The van der Waals surface area contributed by atoms with Crippen LogP contribution in [-0.4, -0.2) is 30.4 Å². The van der Waals surface area contributed by atoms with Gasteiger partial charge in [-0.15, -0.1) is 0 Å². The van der Waals surface area contributed by atoms with E-state index in [-0.39, 0.29) is 23.6 Å². The number of ether oxygens (including phenoxy) is 2. The summed E-state index contributed by atoms with van der Waals surface area (Å²) >= 11 is 0. The minimum atomic E-state index is -1.65. The topological polar surface area (TPSA) is 106 Å². The van der Waals surface area contributed by atoms with Crippen LogP contribution < -0.4 is 10.5 Å². The van der Waals surface area contributed by atoms with Crippen LogP contribution in [0.25, 0.3) is 0 Å². The Morgan fingerprint density at radius 1 is 1.44 bits per heavy atom. The molecule has 0 unspecified atom stereocenters. The number of esters is 1. The van der Waals surface area contributed by atoms with E-state index < -0.39 is 17.3 Å². The maximum atomic E-state index is 13.3. The molecule has 2 aliphatic heterocycles. The fraction of sp³-hybridized carbons (Fsp3) is 0.278. The first-order chi connectivity index (χ1) is 11.9. The zero-order valence-corrected chi connectivity index (χ0v) is 14.1. The first-order valence-corrected chi connectivity index (χ1v) is 7.75. The molecule has 0 aromatic heterocycles. The molecule has 2 N–H and O–H groups in total. The van der Waals surface area contributed by atoms with Crippen molar-refractivity contribution in [3.63, 3.8) is 0 Å². The molecular weight excluding hydrogens is 322 g/mol. The number of carbonyl (C=O) groups excluding carboxylic acids is 2. The summed E-state index contributed by atoms with van der Waals surface area (Å²) in [6, 6.07) is 8.70. The smallest absolute Gasteiger partial charge is 0.337 e. The van der Waals surface area contributed by atoms with E-state index in [1.165, 1.54) is 4.90 Å². The van der Waals surface area contributed by atoms with Gasteiger partial charge in [-0.25, -0.2) is 4.79 Å². The highest BCUT2D eigenvalue weighted by Gasteiger charge is 2.61. The monoisotopic (exact) mass is 339 g/mol. The molecule has 3 rings (SSSR count). The summed E-state index contributed by atoms with van der Waals surface area (Å²) < 4.78 is 10.7. The van der Waals surface area contributed by atoms with Crippen molar-refractivity contribution < 1.29 is 19.1 Å². The van der Waals surface area contributed by atoms with Gasteiger partial charge < -0.3 is 20.1 Å². The lowest BCUT2D eigenvalue weighted by Crippen LogP contribution is -2.46. The number of likely N-dealkylation sites (N-methyl/N-ethyl adjacent to an activating group) is 1. The molecule has 1 atom stereocenters.